The molecule has 6 heteroatoms. The van der Waals surface area contributed by atoms with Crippen LogP contribution in [0.15, 0.2) is 10.9 Å². The minimum Gasteiger partial charge on any atom is -0.344 e. The predicted octanol–water partition coefficient (Wildman–Crippen LogP) is 0.769. The second-order valence-corrected chi connectivity index (χ2v) is 4.38. The Morgan fingerprint density at radius 2 is 2.33 bits per heavy atom. The molecule has 0 aliphatic heterocycles. The zero-order valence-corrected chi connectivity index (χ0v) is 11.0. The lowest BCUT2D eigenvalue weighted by atomic mass is 10.2. The summed E-state index contributed by atoms with van der Waals surface area (Å²) in [5.41, 5.74) is -0.352. The molecule has 0 radical (unpaired) electrons. The molecule has 0 aromatic carbocycles. The fourth-order valence-corrected chi connectivity index (χ4v) is 1.62. The lowest BCUT2D eigenvalue weighted by Crippen LogP contribution is -2.34. The number of hydrogen-bond acceptors (Lipinski definition) is 3. The normalized spacial score (nSPS) is 10.2. The van der Waals surface area contributed by atoms with E-state index in [2.05, 4.69) is 16.2 Å². The first kappa shape index (κ1) is 14.3. The van der Waals surface area contributed by atoms with Crippen LogP contribution in [0.1, 0.15) is 25.6 Å². The summed E-state index contributed by atoms with van der Waals surface area (Å²) in [7, 11) is 0. The Morgan fingerprint density at radius 3 is 2.89 bits per heavy atom. The van der Waals surface area contributed by atoms with Gasteiger partial charge in [0, 0.05) is 12.0 Å². The Morgan fingerprint density at radius 1 is 1.67 bits per heavy atom. The molecule has 1 N–H and O–H groups in total. The molecule has 0 fully saturated rings. The van der Waals surface area contributed by atoms with Crippen molar-refractivity contribution in [1.29, 1.82) is 0 Å². The third-order valence-electron chi connectivity index (χ3n) is 2.21. The number of carbonyl (C=O) groups excluding carboxylic acids is 1. The monoisotopic (exact) mass is 267 g/mol. The summed E-state index contributed by atoms with van der Waals surface area (Å²) >= 11 is 5.73. The quantitative estimate of drug-likeness (QED) is 0.647. The molecule has 1 rings (SSSR count). The van der Waals surface area contributed by atoms with Crippen LogP contribution in [0.5, 0.6) is 0 Å². The van der Waals surface area contributed by atoms with Crippen LogP contribution in [0.25, 0.3) is 0 Å². The molecule has 5 nitrogen and oxygen atoms in total. The molecular weight excluding hydrogens is 254 g/mol. The van der Waals surface area contributed by atoms with Gasteiger partial charge in [0.1, 0.15) is 17.5 Å². The molecular formula is C12H14ClN3O2. The van der Waals surface area contributed by atoms with Gasteiger partial charge in [-0.25, -0.2) is 4.98 Å². The fourth-order valence-electron chi connectivity index (χ4n) is 1.44. The van der Waals surface area contributed by atoms with Gasteiger partial charge in [-0.1, -0.05) is 31.4 Å². The Kier molecular flexibility index (Phi) is 4.93. The summed E-state index contributed by atoms with van der Waals surface area (Å²) in [6.45, 7) is 3.76. The highest BCUT2D eigenvalue weighted by atomic mass is 35.5. The second-order valence-electron chi connectivity index (χ2n) is 4.00. The van der Waals surface area contributed by atoms with Crippen LogP contribution in [0.3, 0.4) is 0 Å². The van der Waals surface area contributed by atoms with Gasteiger partial charge in [-0.05, 0) is 0 Å². The molecule has 96 valence electrons. The topological polar surface area (TPSA) is 64.0 Å². The summed E-state index contributed by atoms with van der Waals surface area (Å²) in [6.07, 6.45) is 5.04. The largest absolute Gasteiger partial charge is 0.344 e. The molecule has 0 unspecified atom stereocenters. The molecule has 0 aliphatic rings. The van der Waals surface area contributed by atoms with Crippen molar-refractivity contribution in [3.8, 4) is 12.3 Å². The van der Waals surface area contributed by atoms with E-state index in [4.69, 9.17) is 18.0 Å². The zero-order valence-electron chi connectivity index (χ0n) is 10.2. The number of aromatic nitrogens is 2. The van der Waals surface area contributed by atoms with E-state index in [1.54, 1.807) is 0 Å². The van der Waals surface area contributed by atoms with Crippen molar-refractivity contribution < 1.29 is 4.79 Å². The lowest BCUT2D eigenvalue weighted by Gasteiger charge is -2.14. The summed E-state index contributed by atoms with van der Waals surface area (Å²) in [5, 5.41) is 2.62. The van der Waals surface area contributed by atoms with Crippen LogP contribution in [0.2, 0.25) is 5.15 Å². The summed E-state index contributed by atoms with van der Waals surface area (Å²) in [4.78, 5) is 27.4. The maximum absolute atomic E-state index is 11.8. The number of amides is 1. The maximum Gasteiger partial charge on any atom is 0.255 e. The van der Waals surface area contributed by atoms with Gasteiger partial charge in [0.25, 0.3) is 5.56 Å². The standard InChI is InChI=1S/C12H14ClN3O2/c1-4-5-14-10(17)7-16-11(18)6-9(13)15-12(16)8(2)3/h1,6,8H,5,7H2,2-3H3,(H,14,17). The third-order valence-corrected chi connectivity index (χ3v) is 2.41. The number of halogens is 1. The highest BCUT2D eigenvalue weighted by Gasteiger charge is 2.13. The number of hydrogen-bond donors (Lipinski definition) is 1. The molecule has 0 atom stereocenters. The smallest absolute Gasteiger partial charge is 0.255 e. The van der Waals surface area contributed by atoms with E-state index >= 15 is 0 Å². The summed E-state index contributed by atoms with van der Waals surface area (Å²) in [6, 6.07) is 1.18. The Balaban J connectivity index is 3.05. The first-order valence-electron chi connectivity index (χ1n) is 5.43. The average molecular weight is 268 g/mol. The minimum absolute atomic E-state index is 0.0168. The molecule has 0 saturated heterocycles. The Hall–Kier alpha value is -1.80. The van der Waals surface area contributed by atoms with E-state index in [9.17, 15) is 9.59 Å². The summed E-state index contributed by atoms with van der Waals surface area (Å²) in [5.74, 6) is 2.42. The highest BCUT2D eigenvalue weighted by Crippen LogP contribution is 2.12. The van der Waals surface area contributed by atoms with Crippen molar-refractivity contribution in [3.63, 3.8) is 0 Å². The van der Waals surface area contributed by atoms with Crippen molar-refractivity contribution >= 4 is 17.5 Å². The van der Waals surface area contributed by atoms with Crippen LogP contribution in [0, 0.1) is 12.3 Å². The second kappa shape index (κ2) is 6.22. The molecule has 0 aliphatic carbocycles. The minimum atomic E-state index is -0.352. The van der Waals surface area contributed by atoms with Crippen LogP contribution < -0.4 is 10.9 Å². The van der Waals surface area contributed by atoms with Crippen molar-refractivity contribution in [2.75, 3.05) is 6.54 Å². The van der Waals surface area contributed by atoms with Gasteiger partial charge in [0.15, 0.2) is 0 Å². The van der Waals surface area contributed by atoms with Gasteiger partial charge in [-0.15, -0.1) is 6.42 Å². The number of terminal acetylenes is 1. The Labute approximate surface area is 110 Å². The highest BCUT2D eigenvalue weighted by molar-refractivity contribution is 6.29. The predicted molar refractivity (Wildman–Crippen MR) is 69.4 cm³/mol. The average Bonchev–Trinajstić information content (AvgIpc) is 2.29. The number of nitrogens with one attached hydrogen (secondary N) is 1. The van der Waals surface area contributed by atoms with E-state index in [1.807, 2.05) is 13.8 Å². The van der Waals surface area contributed by atoms with Gasteiger partial charge in [-0.2, -0.15) is 0 Å². The van der Waals surface area contributed by atoms with Crippen molar-refractivity contribution in [2.45, 2.75) is 26.3 Å². The number of carbonyl (C=O) groups is 1. The van der Waals surface area contributed by atoms with Crippen LogP contribution in [-0.4, -0.2) is 22.0 Å². The number of rotatable bonds is 4. The molecule has 1 amide bonds. The van der Waals surface area contributed by atoms with E-state index in [0.717, 1.165) is 0 Å². The molecule has 0 saturated carbocycles. The van der Waals surface area contributed by atoms with E-state index in [1.165, 1.54) is 10.6 Å². The van der Waals surface area contributed by atoms with Crippen LogP contribution >= 0.6 is 11.6 Å². The summed E-state index contributed by atoms with van der Waals surface area (Å²) < 4.78 is 1.29. The molecule has 18 heavy (non-hydrogen) atoms. The van der Waals surface area contributed by atoms with Gasteiger partial charge < -0.3 is 5.32 Å². The first-order chi connectivity index (χ1) is 8.45. The molecule has 1 aromatic rings. The van der Waals surface area contributed by atoms with Crippen molar-refractivity contribution in [2.24, 2.45) is 0 Å². The zero-order chi connectivity index (χ0) is 13.7. The maximum atomic E-state index is 11.8. The Bertz CT molecular complexity index is 543. The number of nitrogens with zero attached hydrogens (tertiary/aromatic N) is 2. The van der Waals surface area contributed by atoms with Gasteiger partial charge in [-0.3, -0.25) is 14.2 Å². The third kappa shape index (κ3) is 3.60. The van der Waals surface area contributed by atoms with Crippen molar-refractivity contribution in [3.05, 3.63) is 27.4 Å². The van der Waals surface area contributed by atoms with Gasteiger partial charge in [0.05, 0.1) is 6.54 Å². The molecule has 0 bridgehead atoms. The van der Waals surface area contributed by atoms with Crippen LogP contribution in [0.4, 0.5) is 0 Å². The molecule has 0 spiro atoms. The van der Waals surface area contributed by atoms with Gasteiger partial charge >= 0.3 is 0 Å². The van der Waals surface area contributed by atoms with E-state index in [-0.39, 0.29) is 35.6 Å². The van der Waals surface area contributed by atoms with Crippen LogP contribution in [-0.2, 0) is 11.3 Å². The molecule has 1 aromatic heterocycles. The first-order valence-corrected chi connectivity index (χ1v) is 5.81. The van der Waals surface area contributed by atoms with E-state index in [0.29, 0.717) is 5.82 Å². The SMILES string of the molecule is C#CCNC(=O)Cn1c(C(C)C)nc(Cl)cc1=O. The van der Waals surface area contributed by atoms with Crippen molar-refractivity contribution in [1.82, 2.24) is 14.9 Å². The van der Waals surface area contributed by atoms with E-state index < -0.39 is 0 Å². The lowest BCUT2D eigenvalue weighted by molar-refractivity contribution is -0.121. The molecule has 1 heterocycles. The fraction of sp³-hybridized carbons (Fsp3) is 0.417. The van der Waals surface area contributed by atoms with Gasteiger partial charge in [0.2, 0.25) is 5.91 Å².